The molecule has 0 atom stereocenters. The van der Waals surface area contributed by atoms with Crippen molar-refractivity contribution in [2.24, 2.45) is 4.99 Å². The standard InChI is InChI=1S/C27H35N3O6S2/c1-5-8-17-29(18-9-6-2)38(33,34)21-15-13-20(14-16-21)26(32)28-27-30(19-24(31)35-4)25-22(36-7-3)11-10-12-23(25)37-27/h10-16H,5-9,17-19H2,1-4H3. The predicted molar refractivity (Wildman–Crippen MR) is 148 cm³/mol. The van der Waals surface area contributed by atoms with Crippen LogP contribution in [-0.4, -0.2) is 56.0 Å². The van der Waals surface area contributed by atoms with Crippen LogP contribution < -0.4 is 9.54 Å². The Labute approximate surface area is 227 Å². The molecule has 0 saturated carbocycles. The first kappa shape index (κ1) is 29.5. The number of sulfonamides is 1. The summed E-state index contributed by atoms with van der Waals surface area (Å²) in [6.45, 7) is 7.13. The number of hydrogen-bond donors (Lipinski definition) is 0. The molecule has 0 unspecified atom stereocenters. The van der Waals surface area contributed by atoms with Gasteiger partial charge < -0.3 is 14.0 Å². The lowest BCUT2D eigenvalue weighted by Crippen LogP contribution is -2.33. The van der Waals surface area contributed by atoms with Gasteiger partial charge in [0, 0.05) is 18.7 Å². The summed E-state index contributed by atoms with van der Waals surface area (Å²) in [5.74, 6) is -0.467. The molecule has 1 heterocycles. The smallest absolute Gasteiger partial charge is 0.325 e. The van der Waals surface area contributed by atoms with Gasteiger partial charge in [-0.1, -0.05) is 44.1 Å². The monoisotopic (exact) mass is 561 g/mol. The number of rotatable bonds is 13. The number of hydrogen-bond acceptors (Lipinski definition) is 7. The second kappa shape index (κ2) is 13.7. The van der Waals surface area contributed by atoms with Gasteiger partial charge in [0.15, 0.2) is 4.80 Å². The Morgan fingerprint density at radius 1 is 1.00 bits per heavy atom. The minimum Gasteiger partial charge on any atom is -0.492 e. The Kier molecular flexibility index (Phi) is 10.6. The van der Waals surface area contributed by atoms with Crippen LogP contribution >= 0.6 is 11.3 Å². The first-order valence-electron chi connectivity index (χ1n) is 12.8. The Bertz CT molecular complexity index is 1420. The zero-order valence-electron chi connectivity index (χ0n) is 22.3. The minimum atomic E-state index is -3.67. The lowest BCUT2D eigenvalue weighted by Gasteiger charge is -2.22. The van der Waals surface area contributed by atoms with E-state index in [4.69, 9.17) is 9.47 Å². The van der Waals surface area contributed by atoms with Gasteiger partial charge in [-0.3, -0.25) is 9.59 Å². The lowest BCUT2D eigenvalue weighted by molar-refractivity contribution is -0.141. The summed E-state index contributed by atoms with van der Waals surface area (Å²) in [5, 5.41) is 0. The fourth-order valence-corrected chi connectivity index (χ4v) is 6.45. The van der Waals surface area contributed by atoms with Gasteiger partial charge in [0.05, 0.1) is 23.3 Å². The zero-order chi connectivity index (χ0) is 27.7. The van der Waals surface area contributed by atoms with E-state index in [0.717, 1.165) is 30.4 Å². The lowest BCUT2D eigenvalue weighted by atomic mass is 10.2. The minimum absolute atomic E-state index is 0.144. The Balaban J connectivity index is 1.98. The van der Waals surface area contributed by atoms with Crippen molar-refractivity contribution in [2.75, 3.05) is 26.8 Å². The molecular weight excluding hydrogens is 526 g/mol. The predicted octanol–water partition coefficient (Wildman–Crippen LogP) is 4.61. The highest BCUT2D eigenvalue weighted by molar-refractivity contribution is 7.89. The fourth-order valence-electron chi connectivity index (χ4n) is 3.89. The molecule has 38 heavy (non-hydrogen) atoms. The number of thiazole rings is 1. The average Bonchev–Trinajstić information content (AvgIpc) is 3.26. The fraction of sp³-hybridized carbons (Fsp3) is 0.444. The number of amides is 1. The number of methoxy groups -OCH3 is 1. The van der Waals surface area contributed by atoms with E-state index in [2.05, 4.69) is 4.99 Å². The molecule has 3 aromatic rings. The molecule has 2 aromatic carbocycles. The number of benzene rings is 2. The third kappa shape index (κ3) is 6.89. The van der Waals surface area contributed by atoms with Crippen molar-refractivity contribution >= 4 is 43.5 Å². The third-order valence-corrected chi connectivity index (χ3v) is 8.89. The van der Waals surface area contributed by atoms with Gasteiger partial charge in [-0.05, 0) is 56.2 Å². The van der Waals surface area contributed by atoms with Gasteiger partial charge in [-0.2, -0.15) is 9.30 Å². The largest absolute Gasteiger partial charge is 0.492 e. The Morgan fingerprint density at radius 3 is 2.24 bits per heavy atom. The van der Waals surface area contributed by atoms with E-state index in [9.17, 15) is 18.0 Å². The molecule has 0 N–H and O–H groups in total. The summed E-state index contributed by atoms with van der Waals surface area (Å²) in [6, 6.07) is 11.3. The number of para-hydroxylation sites is 1. The van der Waals surface area contributed by atoms with Crippen molar-refractivity contribution in [3.8, 4) is 5.75 Å². The highest BCUT2D eigenvalue weighted by Gasteiger charge is 2.24. The maximum atomic E-state index is 13.2. The van der Waals surface area contributed by atoms with Crippen LogP contribution in [0, 0.1) is 0 Å². The number of carbonyl (C=O) groups excluding carboxylic acids is 2. The van der Waals surface area contributed by atoms with Gasteiger partial charge in [0.25, 0.3) is 5.91 Å². The van der Waals surface area contributed by atoms with Crippen LogP contribution in [-0.2, 0) is 26.1 Å². The van der Waals surface area contributed by atoms with E-state index in [1.807, 2.05) is 32.9 Å². The second-order valence-corrected chi connectivity index (χ2v) is 11.6. The first-order chi connectivity index (χ1) is 18.3. The van der Waals surface area contributed by atoms with Crippen molar-refractivity contribution < 1.29 is 27.5 Å². The topological polar surface area (TPSA) is 107 Å². The maximum absolute atomic E-state index is 13.2. The molecule has 0 radical (unpaired) electrons. The number of nitrogens with zero attached hydrogens (tertiary/aromatic N) is 3. The van der Waals surface area contributed by atoms with Gasteiger partial charge in [0.2, 0.25) is 10.0 Å². The summed E-state index contributed by atoms with van der Waals surface area (Å²) >= 11 is 1.25. The van der Waals surface area contributed by atoms with Gasteiger partial charge in [-0.25, -0.2) is 8.42 Å². The van der Waals surface area contributed by atoms with E-state index in [1.165, 1.54) is 47.0 Å². The molecule has 11 heteroatoms. The molecule has 0 aliphatic rings. The van der Waals surface area contributed by atoms with E-state index < -0.39 is 21.9 Å². The van der Waals surface area contributed by atoms with Gasteiger partial charge in [0.1, 0.15) is 17.8 Å². The number of ether oxygens (including phenoxy) is 2. The van der Waals surface area contributed by atoms with Crippen molar-refractivity contribution in [2.45, 2.75) is 57.9 Å². The maximum Gasteiger partial charge on any atom is 0.325 e. The molecule has 0 aliphatic heterocycles. The molecule has 3 rings (SSSR count). The van der Waals surface area contributed by atoms with Crippen molar-refractivity contribution in [3.63, 3.8) is 0 Å². The molecule has 1 aromatic heterocycles. The number of aromatic nitrogens is 1. The number of carbonyl (C=O) groups is 2. The van der Waals surface area contributed by atoms with E-state index in [0.29, 0.717) is 35.8 Å². The molecule has 0 aliphatic carbocycles. The summed E-state index contributed by atoms with van der Waals surface area (Å²) in [7, 11) is -2.38. The summed E-state index contributed by atoms with van der Waals surface area (Å²) < 4.78 is 41.0. The average molecular weight is 562 g/mol. The normalized spacial score (nSPS) is 12.3. The van der Waals surface area contributed by atoms with Crippen LogP contribution in [0.15, 0.2) is 52.4 Å². The number of fused-ring (bicyclic) bond motifs is 1. The van der Waals surface area contributed by atoms with E-state index in [-0.39, 0.29) is 17.0 Å². The van der Waals surface area contributed by atoms with Crippen molar-refractivity contribution in [3.05, 3.63) is 52.8 Å². The highest BCUT2D eigenvalue weighted by atomic mass is 32.2. The van der Waals surface area contributed by atoms with Gasteiger partial charge in [-0.15, -0.1) is 0 Å². The molecule has 1 amide bonds. The van der Waals surface area contributed by atoms with Crippen LogP contribution in [0.5, 0.6) is 5.75 Å². The van der Waals surface area contributed by atoms with E-state index >= 15 is 0 Å². The summed E-state index contributed by atoms with van der Waals surface area (Å²) in [6.07, 6.45) is 3.36. The van der Waals surface area contributed by atoms with Crippen LogP contribution in [0.1, 0.15) is 56.8 Å². The van der Waals surface area contributed by atoms with E-state index in [1.54, 1.807) is 10.6 Å². The summed E-state index contributed by atoms with van der Waals surface area (Å²) in [5.41, 5.74) is 0.890. The zero-order valence-corrected chi connectivity index (χ0v) is 23.9. The first-order valence-corrected chi connectivity index (χ1v) is 15.0. The quantitative estimate of drug-likeness (QED) is 0.282. The molecular formula is C27H35N3O6S2. The van der Waals surface area contributed by atoms with Crippen molar-refractivity contribution in [1.82, 2.24) is 8.87 Å². The molecule has 206 valence electrons. The molecule has 0 saturated heterocycles. The Morgan fingerprint density at radius 2 is 1.66 bits per heavy atom. The molecule has 9 nitrogen and oxygen atoms in total. The third-order valence-electron chi connectivity index (χ3n) is 5.94. The molecule has 0 bridgehead atoms. The SMILES string of the molecule is CCCCN(CCCC)S(=O)(=O)c1ccc(C(=O)N=c2sc3cccc(OCC)c3n2CC(=O)OC)cc1. The molecule has 0 spiro atoms. The van der Waals surface area contributed by atoms with Crippen LogP contribution in [0.4, 0.5) is 0 Å². The van der Waals surface area contributed by atoms with Crippen LogP contribution in [0.3, 0.4) is 0 Å². The van der Waals surface area contributed by atoms with Crippen molar-refractivity contribution in [1.29, 1.82) is 0 Å². The van der Waals surface area contributed by atoms with Crippen LogP contribution in [0.2, 0.25) is 0 Å². The highest BCUT2D eigenvalue weighted by Crippen LogP contribution is 2.28. The number of esters is 1. The Hall–Kier alpha value is -3.02. The second-order valence-electron chi connectivity index (χ2n) is 8.64. The number of unbranched alkanes of at least 4 members (excludes halogenated alkanes) is 2. The van der Waals surface area contributed by atoms with Crippen LogP contribution in [0.25, 0.3) is 10.2 Å². The molecule has 0 fully saturated rings. The summed E-state index contributed by atoms with van der Waals surface area (Å²) in [4.78, 5) is 30.0. The van der Waals surface area contributed by atoms with Gasteiger partial charge >= 0.3 is 5.97 Å².